The number of nitrogens with two attached hydrogens (primary N) is 1. The average Bonchev–Trinajstić information content (AvgIpc) is 2.80. The molecule has 0 spiro atoms. The summed E-state index contributed by atoms with van der Waals surface area (Å²) in [4.78, 5) is -0.681. The topological polar surface area (TPSA) is 92.4 Å². The van der Waals surface area contributed by atoms with Crippen molar-refractivity contribution < 1.29 is 22.3 Å². The summed E-state index contributed by atoms with van der Waals surface area (Å²) in [7, 11) is -4.14. The summed E-state index contributed by atoms with van der Waals surface area (Å²) in [6, 6.07) is 0.758. The highest BCUT2D eigenvalue weighted by Crippen LogP contribution is 2.28. The molecular weight excluding hydrogens is 290 g/mol. The quantitative estimate of drug-likeness (QED) is 0.723. The van der Waals surface area contributed by atoms with Crippen molar-refractivity contribution in [2.75, 3.05) is 12.3 Å². The number of rotatable bonds is 4. The average molecular weight is 306 g/mol. The van der Waals surface area contributed by atoms with Crippen LogP contribution in [0.2, 0.25) is 0 Å². The van der Waals surface area contributed by atoms with E-state index in [0.29, 0.717) is 18.9 Å². The first-order valence-corrected chi connectivity index (χ1v) is 7.71. The zero-order valence-corrected chi connectivity index (χ0v) is 11.5. The van der Waals surface area contributed by atoms with E-state index in [1.54, 1.807) is 0 Å². The second kappa shape index (κ2) is 5.63. The number of anilines is 1. The van der Waals surface area contributed by atoms with Crippen LogP contribution in [-0.2, 0) is 10.0 Å². The molecule has 0 saturated heterocycles. The molecule has 1 fully saturated rings. The molecule has 0 amide bonds. The molecule has 8 heteroatoms. The summed E-state index contributed by atoms with van der Waals surface area (Å²) in [5, 5.41) is 9.16. The van der Waals surface area contributed by atoms with E-state index in [-0.39, 0.29) is 12.5 Å². The summed E-state index contributed by atoms with van der Waals surface area (Å²) >= 11 is 0. The van der Waals surface area contributed by atoms with Crippen LogP contribution < -0.4 is 10.5 Å². The summed E-state index contributed by atoms with van der Waals surface area (Å²) < 4.78 is 53.3. The molecule has 1 aliphatic rings. The lowest BCUT2D eigenvalue weighted by atomic mass is 10.1. The first-order chi connectivity index (χ1) is 9.35. The van der Waals surface area contributed by atoms with Crippen molar-refractivity contribution in [1.29, 1.82) is 0 Å². The van der Waals surface area contributed by atoms with Gasteiger partial charge in [0.1, 0.15) is 16.5 Å². The van der Waals surface area contributed by atoms with E-state index < -0.39 is 38.3 Å². The van der Waals surface area contributed by atoms with Crippen LogP contribution in [0.25, 0.3) is 0 Å². The fourth-order valence-electron chi connectivity index (χ4n) is 2.42. The number of aliphatic hydroxyl groups is 1. The Balaban J connectivity index is 2.29. The molecule has 1 saturated carbocycles. The Labute approximate surface area is 115 Å². The summed E-state index contributed by atoms with van der Waals surface area (Å²) in [5.74, 6) is -2.39. The van der Waals surface area contributed by atoms with Crippen molar-refractivity contribution >= 4 is 15.7 Å². The summed E-state index contributed by atoms with van der Waals surface area (Å²) in [6.45, 7) is -0.138. The van der Waals surface area contributed by atoms with Gasteiger partial charge >= 0.3 is 0 Å². The van der Waals surface area contributed by atoms with Gasteiger partial charge in [-0.2, -0.15) is 0 Å². The highest BCUT2D eigenvalue weighted by Gasteiger charge is 2.32. The maximum absolute atomic E-state index is 13.6. The predicted octanol–water partition coefficient (Wildman–Crippen LogP) is 0.986. The smallest absolute Gasteiger partial charge is 0.243 e. The van der Waals surface area contributed by atoms with Crippen LogP contribution in [0.4, 0.5) is 14.5 Å². The maximum Gasteiger partial charge on any atom is 0.243 e. The van der Waals surface area contributed by atoms with Crippen LogP contribution >= 0.6 is 0 Å². The third-order valence-electron chi connectivity index (χ3n) is 3.54. The molecule has 112 valence electrons. The molecule has 0 aromatic heterocycles. The minimum Gasteiger partial charge on any atom is -0.396 e. The van der Waals surface area contributed by atoms with Crippen LogP contribution in [0.3, 0.4) is 0 Å². The van der Waals surface area contributed by atoms with Crippen LogP contribution in [-0.4, -0.2) is 26.2 Å². The van der Waals surface area contributed by atoms with E-state index in [1.165, 1.54) is 0 Å². The van der Waals surface area contributed by atoms with Crippen LogP contribution in [0.5, 0.6) is 0 Å². The Morgan fingerprint density at radius 1 is 1.30 bits per heavy atom. The molecule has 2 rings (SSSR count). The Morgan fingerprint density at radius 3 is 2.65 bits per heavy atom. The van der Waals surface area contributed by atoms with Crippen LogP contribution in [0.1, 0.15) is 19.3 Å². The number of halogens is 2. The Kier molecular flexibility index (Phi) is 4.26. The van der Waals surface area contributed by atoms with Crippen molar-refractivity contribution in [3.63, 3.8) is 0 Å². The SMILES string of the molecule is Nc1cc(S(=O)(=O)NC2CCCC2CO)c(F)cc1F. The zero-order chi connectivity index (χ0) is 14.9. The second-order valence-electron chi connectivity index (χ2n) is 4.91. The standard InChI is InChI=1S/C12H16F2N2O3S/c13-8-4-9(14)12(5-10(8)15)20(18,19)16-11-3-1-2-7(11)6-17/h4-5,7,11,16-17H,1-3,6,15H2. The number of nitrogens with one attached hydrogen (secondary N) is 1. The van der Waals surface area contributed by atoms with Gasteiger partial charge in [0.05, 0.1) is 5.69 Å². The lowest BCUT2D eigenvalue weighted by Crippen LogP contribution is -2.38. The maximum atomic E-state index is 13.6. The molecule has 1 aromatic carbocycles. The number of sulfonamides is 1. The first kappa shape index (κ1) is 15.1. The fraction of sp³-hybridized carbons (Fsp3) is 0.500. The van der Waals surface area contributed by atoms with Gasteiger partial charge in [-0.3, -0.25) is 0 Å². The molecule has 1 aliphatic carbocycles. The minimum absolute atomic E-state index is 0.138. The minimum atomic E-state index is -4.14. The Hall–Kier alpha value is -1.25. The summed E-state index contributed by atoms with van der Waals surface area (Å²) in [6.07, 6.45) is 2.06. The molecule has 0 radical (unpaired) electrons. The third-order valence-corrected chi connectivity index (χ3v) is 5.05. The van der Waals surface area contributed by atoms with Gasteiger partial charge in [0, 0.05) is 18.7 Å². The van der Waals surface area contributed by atoms with Gasteiger partial charge < -0.3 is 10.8 Å². The molecule has 5 nitrogen and oxygen atoms in total. The predicted molar refractivity (Wildman–Crippen MR) is 69.3 cm³/mol. The molecule has 0 bridgehead atoms. The Morgan fingerprint density at radius 2 is 2.00 bits per heavy atom. The van der Waals surface area contributed by atoms with Gasteiger partial charge in [0.15, 0.2) is 0 Å². The first-order valence-electron chi connectivity index (χ1n) is 6.23. The van der Waals surface area contributed by atoms with Gasteiger partial charge in [-0.15, -0.1) is 0 Å². The van der Waals surface area contributed by atoms with Gasteiger partial charge in [-0.05, 0) is 24.8 Å². The molecule has 2 unspecified atom stereocenters. The number of benzene rings is 1. The van der Waals surface area contributed by atoms with Crippen LogP contribution in [0.15, 0.2) is 17.0 Å². The van der Waals surface area contributed by atoms with Crippen LogP contribution in [0, 0.1) is 17.6 Å². The fourth-order valence-corrected chi connectivity index (χ4v) is 3.86. The number of aliphatic hydroxyl groups excluding tert-OH is 1. The Bertz CT molecular complexity index is 607. The molecule has 20 heavy (non-hydrogen) atoms. The van der Waals surface area contributed by atoms with Gasteiger partial charge in [-0.25, -0.2) is 21.9 Å². The highest BCUT2D eigenvalue weighted by molar-refractivity contribution is 7.89. The molecular formula is C12H16F2N2O3S. The molecule has 0 aliphatic heterocycles. The van der Waals surface area contributed by atoms with E-state index in [9.17, 15) is 17.2 Å². The normalized spacial score (nSPS) is 23.1. The monoisotopic (exact) mass is 306 g/mol. The van der Waals surface area contributed by atoms with Gasteiger partial charge in [0.25, 0.3) is 0 Å². The van der Waals surface area contributed by atoms with E-state index in [0.717, 1.165) is 12.5 Å². The van der Waals surface area contributed by atoms with Crippen molar-refractivity contribution in [2.45, 2.75) is 30.2 Å². The largest absolute Gasteiger partial charge is 0.396 e. The van der Waals surface area contributed by atoms with Gasteiger partial charge in [-0.1, -0.05) is 6.42 Å². The van der Waals surface area contributed by atoms with E-state index in [4.69, 9.17) is 10.8 Å². The lowest BCUT2D eigenvalue weighted by Gasteiger charge is -2.19. The van der Waals surface area contributed by atoms with Crippen molar-refractivity contribution in [2.24, 2.45) is 5.92 Å². The molecule has 4 N–H and O–H groups in total. The van der Waals surface area contributed by atoms with E-state index in [2.05, 4.69) is 4.72 Å². The molecule has 2 atom stereocenters. The van der Waals surface area contributed by atoms with Crippen molar-refractivity contribution in [3.8, 4) is 0 Å². The highest BCUT2D eigenvalue weighted by atomic mass is 32.2. The summed E-state index contributed by atoms with van der Waals surface area (Å²) in [5.41, 5.74) is 4.84. The van der Waals surface area contributed by atoms with Crippen molar-refractivity contribution in [3.05, 3.63) is 23.8 Å². The lowest BCUT2D eigenvalue weighted by molar-refractivity contribution is 0.213. The van der Waals surface area contributed by atoms with E-state index in [1.807, 2.05) is 0 Å². The zero-order valence-electron chi connectivity index (χ0n) is 10.6. The van der Waals surface area contributed by atoms with Gasteiger partial charge in [0.2, 0.25) is 10.0 Å². The second-order valence-corrected chi connectivity index (χ2v) is 6.59. The third kappa shape index (κ3) is 2.92. The molecule has 0 heterocycles. The molecule has 1 aromatic rings. The number of hydrogen-bond donors (Lipinski definition) is 3. The number of hydrogen-bond acceptors (Lipinski definition) is 4. The van der Waals surface area contributed by atoms with Crippen molar-refractivity contribution in [1.82, 2.24) is 4.72 Å². The van der Waals surface area contributed by atoms with E-state index >= 15 is 0 Å². The number of nitrogen functional groups attached to an aromatic ring is 1.